The maximum absolute atomic E-state index is 12.3. The molecule has 2 aliphatic carbocycles. The molecule has 0 radical (unpaired) electrons. The number of benzene rings is 1. The summed E-state index contributed by atoms with van der Waals surface area (Å²) >= 11 is 0. The fourth-order valence-corrected chi connectivity index (χ4v) is 5.85. The van der Waals surface area contributed by atoms with Gasteiger partial charge in [-0.05, 0) is 56.2 Å². The average molecular weight is 516 g/mol. The first-order valence-corrected chi connectivity index (χ1v) is 13.9. The van der Waals surface area contributed by atoms with Crippen molar-refractivity contribution in [3.8, 4) is 0 Å². The standard InChI is InChI=1S/C29H37N7O2/c1-4-25(37)35-15-13-34(14-16-35)24(17-20-5-6-20)21-7-9-22(10-8-21)29(11-12-29)33-27-30-18-23-26(32-27)36(19(2)3)28(38)31-23/h4,7-10,18-20,24H,1,5-6,11-17H2,2-3H3,(H,31,38)(H,30,32,33). The van der Waals surface area contributed by atoms with E-state index in [0.717, 1.165) is 44.9 Å². The van der Waals surface area contributed by atoms with Gasteiger partial charge < -0.3 is 15.2 Å². The lowest BCUT2D eigenvalue weighted by Crippen LogP contribution is -2.49. The van der Waals surface area contributed by atoms with Gasteiger partial charge in [0.05, 0.1) is 11.7 Å². The minimum absolute atomic E-state index is 0.00969. The van der Waals surface area contributed by atoms with Crippen LogP contribution < -0.4 is 11.0 Å². The lowest BCUT2D eigenvalue weighted by molar-refractivity contribution is -0.128. The van der Waals surface area contributed by atoms with Crippen LogP contribution in [0.1, 0.15) is 69.2 Å². The number of nitrogens with zero attached hydrogens (tertiary/aromatic N) is 5. The molecule has 1 aromatic carbocycles. The van der Waals surface area contributed by atoms with Gasteiger partial charge in [0, 0.05) is 38.3 Å². The first-order valence-electron chi connectivity index (χ1n) is 13.9. The van der Waals surface area contributed by atoms with Crippen LogP contribution in [0.25, 0.3) is 11.2 Å². The van der Waals surface area contributed by atoms with Crippen LogP contribution in [0.5, 0.6) is 0 Å². The molecule has 6 rings (SSSR count). The number of fused-ring (bicyclic) bond motifs is 1. The van der Waals surface area contributed by atoms with Crippen LogP contribution in [-0.4, -0.2) is 61.4 Å². The molecule has 9 heteroatoms. The highest BCUT2D eigenvalue weighted by atomic mass is 16.2. The van der Waals surface area contributed by atoms with E-state index in [4.69, 9.17) is 4.98 Å². The maximum atomic E-state index is 12.3. The number of H-pyrrole nitrogens is 1. The lowest BCUT2D eigenvalue weighted by atomic mass is 9.95. The molecule has 3 fully saturated rings. The quantitative estimate of drug-likeness (QED) is 0.419. The van der Waals surface area contributed by atoms with Crippen LogP contribution in [-0.2, 0) is 10.3 Å². The van der Waals surface area contributed by atoms with E-state index in [1.807, 2.05) is 18.7 Å². The normalized spacial score (nSPS) is 20.0. The molecule has 200 valence electrons. The summed E-state index contributed by atoms with van der Waals surface area (Å²) in [6, 6.07) is 9.48. The molecule has 1 unspecified atom stereocenters. The van der Waals surface area contributed by atoms with Gasteiger partial charge in [0.25, 0.3) is 0 Å². The van der Waals surface area contributed by atoms with Crippen molar-refractivity contribution >= 4 is 23.0 Å². The molecule has 1 aliphatic heterocycles. The van der Waals surface area contributed by atoms with Crippen LogP contribution in [0, 0.1) is 5.92 Å². The Morgan fingerprint density at radius 1 is 1.18 bits per heavy atom. The highest BCUT2D eigenvalue weighted by Gasteiger charge is 2.45. The number of anilines is 1. The Morgan fingerprint density at radius 3 is 2.50 bits per heavy atom. The number of hydrogen-bond donors (Lipinski definition) is 2. The Hall–Kier alpha value is -3.46. The predicted molar refractivity (Wildman–Crippen MR) is 148 cm³/mol. The average Bonchev–Trinajstić information content (AvgIpc) is 3.85. The topological polar surface area (TPSA) is 99.2 Å². The van der Waals surface area contributed by atoms with E-state index in [9.17, 15) is 9.59 Å². The zero-order valence-corrected chi connectivity index (χ0v) is 22.3. The number of carbonyl (C=O) groups is 1. The third kappa shape index (κ3) is 4.75. The molecule has 1 amide bonds. The van der Waals surface area contributed by atoms with E-state index < -0.39 is 0 Å². The summed E-state index contributed by atoms with van der Waals surface area (Å²) in [6.45, 7) is 10.9. The number of imidazole rings is 1. The number of aromatic amines is 1. The summed E-state index contributed by atoms with van der Waals surface area (Å²) in [5.41, 5.74) is 3.55. The smallest absolute Gasteiger partial charge is 0.327 e. The molecule has 2 N–H and O–H groups in total. The molecule has 0 spiro atoms. The highest BCUT2D eigenvalue weighted by molar-refractivity contribution is 5.87. The second-order valence-corrected chi connectivity index (χ2v) is 11.4. The minimum atomic E-state index is -0.172. The Kier molecular flexibility index (Phi) is 6.34. The summed E-state index contributed by atoms with van der Waals surface area (Å²) in [7, 11) is 0. The number of rotatable bonds is 9. The van der Waals surface area contributed by atoms with E-state index in [0.29, 0.717) is 23.2 Å². The molecule has 0 bridgehead atoms. The van der Waals surface area contributed by atoms with Crippen molar-refractivity contribution in [2.75, 3.05) is 31.5 Å². The van der Waals surface area contributed by atoms with Gasteiger partial charge in [-0.2, -0.15) is 4.98 Å². The SMILES string of the molecule is C=CC(=O)N1CCN(C(CC2CC2)c2ccc(C3(Nc4ncc5[nH]c(=O)n(C(C)C)c5n4)CC3)cc2)CC1. The summed E-state index contributed by atoms with van der Waals surface area (Å²) in [5, 5.41) is 3.58. The van der Waals surface area contributed by atoms with Crippen LogP contribution in [0.15, 0.2) is 47.9 Å². The number of carbonyl (C=O) groups excluding carboxylic acids is 1. The van der Waals surface area contributed by atoms with Gasteiger partial charge in [-0.3, -0.25) is 14.3 Å². The molecule has 38 heavy (non-hydrogen) atoms. The van der Waals surface area contributed by atoms with E-state index in [-0.39, 0.29) is 23.2 Å². The second-order valence-electron chi connectivity index (χ2n) is 11.4. The molecule has 1 atom stereocenters. The fourth-order valence-electron chi connectivity index (χ4n) is 5.85. The monoisotopic (exact) mass is 515 g/mol. The van der Waals surface area contributed by atoms with Crippen molar-refractivity contribution in [2.45, 2.75) is 63.6 Å². The maximum Gasteiger partial charge on any atom is 0.327 e. The van der Waals surface area contributed by atoms with E-state index >= 15 is 0 Å². The first kappa shape index (κ1) is 24.9. The Morgan fingerprint density at radius 2 is 1.89 bits per heavy atom. The van der Waals surface area contributed by atoms with Gasteiger partial charge in [0.1, 0.15) is 5.52 Å². The lowest BCUT2D eigenvalue weighted by Gasteiger charge is -2.39. The van der Waals surface area contributed by atoms with Crippen LogP contribution in [0.3, 0.4) is 0 Å². The molecular formula is C29H37N7O2. The van der Waals surface area contributed by atoms with Crippen molar-refractivity contribution in [2.24, 2.45) is 5.92 Å². The fraction of sp³-hybridized carbons (Fsp3) is 0.517. The van der Waals surface area contributed by atoms with Gasteiger partial charge >= 0.3 is 5.69 Å². The zero-order chi connectivity index (χ0) is 26.4. The van der Waals surface area contributed by atoms with Gasteiger partial charge in [0.15, 0.2) is 5.65 Å². The van der Waals surface area contributed by atoms with Crippen LogP contribution in [0.4, 0.5) is 5.95 Å². The van der Waals surface area contributed by atoms with Crippen molar-refractivity contribution in [3.63, 3.8) is 0 Å². The highest BCUT2D eigenvalue weighted by Crippen LogP contribution is 2.48. The van der Waals surface area contributed by atoms with Crippen LogP contribution >= 0.6 is 0 Å². The zero-order valence-electron chi connectivity index (χ0n) is 22.3. The predicted octanol–water partition coefficient (Wildman–Crippen LogP) is 3.97. The summed E-state index contributed by atoms with van der Waals surface area (Å²) in [5.74, 6) is 1.39. The summed E-state index contributed by atoms with van der Waals surface area (Å²) in [6.07, 6.45) is 8.97. The van der Waals surface area contributed by atoms with Gasteiger partial charge in [-0.25, -0.2) is 9.78 Å². The van der Waals surface area contributed by atoms with E-state index in [1.165, 1.54) is 36.5 Å². The molecule has 2 aromatic heterocycles. The summed E-state index contributed by atoms with van der Waals surface area (Å²) < 4.78 is 1.67. The third-order valence-electron chi connectivity index (χ3n) is 8.42. The Bertz CT molecular complexity index is 1390. The van der Waals surface area contributed by atoms with Crippen LogP contribution in [0.2, 0.25) is 0 Å². The Labute approximate surface area is 223 Å². The third-order valence-corrected chi connectivity index (χ3v) is 8.42. The molecule has 2 saturated carbocycles. The van der Waals surface area contributed by atoms with Crippen molar-refractivity contribution in [3.05, 3.63) is 64.7 Å². The number of aromatic nitrogens is 4. The van der Waals surface area contributed by atoms with Gasteiger partial charge in [0.2, 0.25) is 11.9 Å². The molecule has 1 saturated heterocycles. The van der Waals surface area contributed by atoms with Crippen molar-refractivity contribution in [1.29, 1.82) is 0 Å². The van der Waals surface area contributed by atoms with Gasteiger partial charge in [-0.15, -0.1) is 0 Å². The molecule has 3 aromatic rings. The van der Waals surface area contributed by atoms with Crippen molar-refractivity contribution < 1.29 is 4.79 Å². The first-order chi connectivity index (χ1) is 18.4. The van der Waals surface area contributed by atoms with Crippen molar-refractivity contribution in [1.82, 2.24) is 29.3 Å². The van der Waals surface area contributed by atoms with E-state index in [2.05, 4.69) is 51.0 Å². The number of nitrogens with one attached hydrogen (secondary N) is 2. The largest absolute Gasteiger partial charge is 0.345 e. The molecule has 3 heterocycles. The molecular weight excluding hydrogens is 478 g/mol. The number of hydrogen-bond acceptors (Lipinski definition) is 6. The molecule has 9 nitrogen and oxygen atoms in total. The second kappa shape index (κ2) is 9.69. The summed E-state index contributed by atoms with van der Waals surface area (Å²) in [4.78, 5) is 40.9. The number of amides is 1. The minimum Gasteiger partial charge on any atom is -0.345 e. The van der Waals surface area contributed by atoms with E-state index in [1.54, 1.807) is 10.8 Å². The number of piperazine rings is 1. The molecule has 3 aliphatic rings. The van der Waals surface area contributed by atoms with Gasteiger partial charge in [-0.1, -0.05) is 43.7 Å². The Balaban J connectivity index is 1.19.